The number of ether oxygens (including phenoxy) is 2. The molecule has 1 aromatic heterocycles. The number of phenolic OH excluding ortho intramolecular Hbond substituents is 2. The van der Waals surface area contributed by atoms with Crippen molar-refractivity contribution in [2.24, 2.45) is 0 Å². The lowest BCUT2D eigenvalue weighted by atomic mass is 9.91. The molecule has 2 heterocycles. The highest BCUT2D eigenvalue weighted by Gasteiger charge is 2.25. The van der Waals surface area contributed by atoms with Crippen molar-refractivity contribution >= 4 is 10.8 Å². The summed E-state index contributed by atoms with van der Waals surface area (Å²) in [5.74, 6) is 0.587. The lowest BCUT2D eigenvalue weighted by molar-refractivity contribution is 0.358. The van der Waals surface area contributed by atoms with E-state index in [1.54, 1.807) is 16.7 Å². The van der Waals surface area contributed by atoms with Gasteiger partial charge in [-0.3, -0.25) is 4.79 Å². The molecule has 1 aliphatic rings. The van der Waals surface area contributed by atoms with Crippen LogP contribution in [0.5, 0.6) is 23.0 Å². The fraction of sp³-hybridized carbons (Fsp3) is 0.250. The first kappa shape index (κ1) is 16.3. The van der Waals surface area contributed by atoms with Crippen LogP contribution in [0.25, 0.3) is 22.0 Å². The molecule has 2 N–H and O–H groups in total. The van der Waals surface area contributed by atoms with Crippen LogP contribution in [-0.4, -0.2) is 29.0 Å². The number of benzene rings is 2. The third-order valence-electron chi connectivity index (χ3n) is 5.09. The van der Waals surface area contributed by atoms with Crippen LogP contribution < -0.4 is 15.0 Å². The summed E-state index contributed by atoms with van der Waals surface area (Å²) < 4.78 is 12.5. The monoisotopic (exact) mass is 353 g/mol. The minimum absolute atomic E-state index is 0.149. The molecule has 3 aromatic rings. The number of aromatic hydroxyl groups is 2. The molecule has 6 heteroatoms. The van der Waals surface area contributed by atoms with Crippen molar-refractivity contribution in [1.29, 1.82) is 0 Å². The summed E-state index contributed by atoms with van der Waals surface area (Å²) in [5, 5.41) is 21.0. The number of nitrogens with zero attached hydrogens (tertiary/aromatic N) is 1. The number of fused-ring (bicyclic) bond motifs is 4. The van der Waals surface area contributed by atoms with Crippen LogP contribution in [0.4, 0.5) is 0 Å². The fourth-order valence-electron chi connectivity index (χ4n) is 3.86. The van der Waals surface area contributed by atoms with Crippen molar-refractivity contribution in [2.45, 2.75) is 19.9 Å². The van der Waals surface area contributed by atoms with E-state index >= 15 is 0 Å². The van der Waals surface area contributed by atoms with Crippen LogP contribution in [0, 0.1) is 6.92 Å². The number of phenols is 2. The Morgan fingerprint density at radius 1 is 1.08 bits per heavy atom. The first-order valence-corrected chi connectivity index (χ1v) is 8.31. The van der Waals surface area contributed by atoms with Crippen molar-refractivity contribution in [2.75, 3.05) is 14.2 Å². The second-order valence-corrected chi connectivity index (χ2v) is 6.40. The Morgan fingerprint density at radius 3 is 2.50 bits per heavy atom. The van der Waals surface area contributed by atoms with Gasteiger partial charge in [0.2, 0.25) is 0 Å². The van der Waals surface area contributed by atoms with Gasteiger partial charge in [-0.15, -0.1) is 0 Å². The van der Waals surface area contributed by atoms with Gasteiger partial charge in [0.05, 0.1) is 25.3 Å². The molecule has 2 aromatic carbocycles. The number of methoxy groups -OCH3 is 2. The zero-order valence-corrected chi connectivity index (χ0v) is 14.8. The van der Waals surface area contributed by atoms with E-state index in [2.05, 4.69) is 0 Å². The van der Waals surface area contributed by atoms with Gasteiger partial charge < -0.3 is 24.3 Å². The minimum atomic E-state index is -0.198. The lowest BCUT2D eigenvalue weighted by Crippen LogP contribution is -2.27. The minimum Gasteiger partial charge on any atom is -0.504 e. The van der Waals surface area contributed by atoms with Crippen LogP contribution in [0.15, 0.2) is 29.1 Å². The maximum Gasteiger partial charge on any atom is 0.262 e. The molecule has 0 aliphatic carbocycles. The van der Waals surface area contributed by atoms with Gasteiger partial charge in [0.15, 0.2) is 23.0 Å². The summed E-state index contributed by atoms with van der Waals surface area (Å²) in [6.07, 6.45) is 0.591. The fourth-order valence-corrected chi connectivity index (χ4v) is 3.86. The number of hydrogen-bond donors (Lipinski definition) is 2. The van der Waals surface area contributed by atoms with E-state index < -0.39 is 0 Å². The summed E-state index contributed by atoms with van der Waals surface area (Å²) in [7, 11) is 3.06. The number of rotatable bonds is 2. The van der Waals surface area contributed by atoms with Gasteiger partial charge in [-0.05, 0) is 54.1 Å². The molecule has 134 valence electrons. The van der Waals surface area contributed by atoms with E-state index in [4.69, 9.17) is 9.47 Å². The summed E-state index contributed by atoms with van der Waals surface area (Å²) in [4.78, 5) is 13.3. The predicted octanol–water partition coefficient (Wildman–Crippen LogP) is 2.96. The number of hydrogen-bond acceptors (Lipinski definition) is 5. The molecular weight excluding hydrogens is 334 g/mol. The zero-order chi connectivity index (χ0) is 18.6. The van der Waals surface area contributed by atoms with E-state index in [1.165, 1.54) is 20.3 Å². The summed E-state index contributed by atoms with van der Waals surface area (Å²) >= 11 is 0. The van der Waals surface area contributed by atoms with Gasteiger partial charge in [-0.1, -0.05) is 0 Å². The first-order valence-electron chi connectivity index (χ1n) is 8.31. The molecule has 6 nitrogen and oxygen atoms in total. The number of aryl methyl sites for hydroxylation is 2. The van der Waals surface area contributed by atoms with Crippen molar-refractivity contribution < 1.29 is 19.7 Å². The van der Waals surface area contributed by atoms with Crippen LogP contribution in [0.3, 0.4) is 0 Å². The van der Waals surface area contributed by atoms with Gasteiger partial charge in [0, 0.05) is 12.1 Å². The van der Waals surface area contributed by atoms with Crippen molar-refractivity contribution in [3.05, 3.63) is 45.7 Å². The van der Waals surface area contributed by atoms with E-state index in [0.29, 0.717) is 29.9 Å². The second kappa shape index (κ2) is 5.69. The van der Waals surface area contributed by atoms with E-state index in [-0.39, 0.29) is 17.1 Å². The van der Waals surface area contributed by atoms with Crippen molar-refractivity contribution in [3.63, 3.8) is 0 Å². The first-order chi connectivity index (χ1) is 12.5. The second-order valence-electron chi connectivity index (χ2n) is 6.40. The molecule has 4 rings (SSSR count). The Morgan fingerprint density at radius 2 is 1.81 bits per heavy atom. The Hall–Kier alpha value is -3.15. The van der Waals surface area contributed by atoms with Gasteiger partial charge in [0.25, 0.3) is 5.56 Å². The topological polar surface area (TPSA) is 80.9 Å². The summed E-state index contributed by atoms with van der Waals surface area (Å²) in [5.41, 5.74) is 3.17. The van der Waals surface area contributed by atoms with Crippen LogP contribution in [-0.2, 0) is 13.0 Å². The van der Waals surface area contributed by atoms with E-state index in [0.717, 1.165) is 27.8 Å². The predicted molar refractivity (Wildman–Crippen MR) is 98.5 cm³/mol. The smallest absolute Gasteiger partial charge is 0.262 e. The molecule has 0 amide bonds. The quantitative estimate of drug-likeness (QED) is 0.693. The van der Waals surface area contributed by atoms with Crippen molar-refractivity contribution in [3.8, 4) is 34.3 Å². The molecule has 0 atom stereocenters. The van der Waals surface area contributed by atoms with Gasteiger partial charge in [-0.25, -0.2) is 0 Å². The molecular formula is C20H19NO5. The Bertz CT molecular complexity index is 1110. The average molecular weight is 353 g/mol. The van der Waals surface area contributed by atoms with Crippen LogP contribution >= 0.6 is 0 Å². The number of aromatic nitrogens is 1. The Balaban J connectivity index is 2.15. The molecule has 0 saturated carbocycles. The molecule has 0 fully saturated rings. The molecule has 0 spiro atoms. The average Bonchev–Trinajstić information content (AvgIpc) is 2.65. The molecule has 0 radical (unpaired) electrons. The van der Waals surface area contributed by atoms with E-state index in [9.17, 15) is 15.0 Å². The SMILES string of the molecule is COc1ccc2c(C)c3n(c(=O)c2c1OC)CCc1cc(O)c(O)cc1-3. The third kappa shape index (κ3) is 2.08. The normalized spacial score (nSPS) is 12.6. The number of pyridine rings is 1. The third-order valence-corrected chi connectivity index (χ3v) is 5.09. The van der Waals surface area contributed by atoms with Crippen LogP contribution in [0.1, 0.15) is 11.1 Å². The summed E-state index contributed by atoms with van der Waals surface area (Å²) in [6, 6.07) is 6.72. The standard InChI is InChI=1S/C20H19NO5/c1-10-12-4-5-16(25-2)19(26-3)17(12)20(24)21-7-6-11-8-14(22)15(23)9-13(11)18(10)21/h4-5,8-9,22-23H,6-7H2,1-3H3. The van der Waals surface area contributed by atoms with E-state index in [1.807, 2.05) is 13.0 Å². The van der Waals surface area contributed by atoms with Gasteiger partial charge in [-0.2, -0.15) is 0 Å². The highest BCUT2D eigenvalue weighted by molar-refractivity contribution is 5.96. The van der Waals surface area contributed by atoms with Crippen molar-refractivity contribution in [1.82, 2.24) is 4.57 Å². The summed E-state index contributed by atoms with van der Waals surface area (Å²) in [6.45, 7) is 2.43. The largest absolute Gasteiger partial charge is 0.504 e. The maximum atomic E-state index is 13.3. The lowest BCUT2D eigenvalue weighted by Gasteiger charge is -2.26. The zero-order valence-electron chi connectivity index (χ0n) is 14.8. The molecule has 0 saturated heterocycles. The highest BCUT2D eigenvalue weighted by Crippen LogP contribution is 2.42. The Labute approximate surface area is 149 Å². The van der Waals surface area contributed by atoms with Gasteiger partial charge in [0.1, 0.15) is 0 Å². The maximum absolute atomic E-state index is 13.3. The highest BCUT2D eigenvalue weighted by atomic mass is 16.5. The van der Waals surface area contributed by atoms with Gasteiger partial charge >= 0.3 is 0 Å². The molecule has 0 unspecified atom stereocenters. The molecule has 1 aliphatic heterocycles. The Kier molecular flexibility index (Phi) is 3.57. The van der Waals surface area contributed by atoms with Crippen LogP contribution in [0.2, 0.25) is 0 Å². The molecule has 0 bridgehead atoms. The molecule has 26 heavy (non-hydrogen) atoms.